The number of hydrogen-bond donors (Lipinski definition) is 2. The van der Waals surface area contributed by atoms with Crippen molar-refractivity contribution in [1.29, 1.82) is 0 Å². The van der Waals surface area contributed by atoms with Gasteiger partial charge in [0.15, 0.2) is 6.61 Å². The van der Waals surface area contributed by atoms with Crippen LogP contribution in [0, 0.1) is 12.7 Å². The molecular formula is C20H17FN4O4. The summed E-state index contributed by atoms with van der Waals surface area (Å²) < 4.78 is 19.6. The van der Waals surface area contributed by atoms with Crippen LogP contribution in [0.4, 0.5) is 10.2 Å². The number of halogens is 1. The number of nitrogens with two attached hydrogens (primary N) is 1. The predicted octanol–water partition coefficient (Wildman–Crippen LogP) is 2.21. The zero-order chi connectivity index (χ0) is 21.0. The maximum atomic E-state index is 13.1. The van der Waals surface area contributed by atoms with Crippen LogP contribution in [0.25, 0.3) is 5.69 Å². The van der Waals surface area contributed by atoms with E-state index in [1.165, 1.54) is 53.2 Å². The minimum atomic E-state index is -0.723. The van der Waals surface area contributed by atoms with Crippen LogP contribution in [0.2, 0.25) is 0 Å². The number of primary amides is 1. The fourth-order valence-corrected chi connectivity index (χ4v) is 2.53. The van der Waals surface area contributed by atoms with Gasteiger partial charge in [-0.1, -0.05) is 0 Å². The van der Waals surface area contributed by atoms with Crippen LogP contribution in [0.5, 0.6) is 0 Å². The van der Waals surface area contributed by atoms with E-state index in [0.717, 1.165) is 0 Å². The summed E-state index contributed by atoms with van der Waals surface area (Å²) in [5, 5.41) is 6.87. The Morgan fingerprint density at radius 1 is 1.07 bits per heavy atom. The van der Waals surface area contributed by atoms with E-state index in [-0.39, 0.29) is 16.9 Å². The van der Waals surface area contributed by atoms with E-state index in [1.54, 1.807) is 13.0 Å². The number of aryl methyl sites for hydroxylation is 1. The van der Waals surface area contributed by atoms with Gasteiger partial charge in [0, 0.05) is 11.6 Å². The molecule has 0 bridgehead atoms. The maximum Gasteiger partial charge on any atom is 0.338 e. The van der Waals surface area contributed by atoms with Gasteiger partial charge in [0.2, 0.25) is 5.91 Å². The average molecular weight is 396 g/mol. The molecule has 0 saturated carbocycles. The SMILES string of the molecule is Cc1cc(NC(=O)COC(=O)c2ccc(C(N)=O)cc2)n(-c2ccc(F)cc2)n1. The summed E-state index contributed by atoms with van der Waals surface area (Å²) in [4.78, 5) is 35.3. The van der Waals surface area contributed by atoms with E-state index in [2.05, 4.69) is 10.4 Å². The van der Waals surface area contributed by atoms with Gasteiger partial charge in [-0.15, -0.1) is 0 Å². The van der Waals surface area contributed by atoms with Crippen LogP contribution in [0.1, 0.15) is 26.4 Å². The quantitative estimate of drug-likeness (QED) is 0.620. The zero-order valence-corrected chi connectivity index (χ0v) is 15.4. The second-order valence-electron chi connectivity index (χ2n) is 6.13. The van der Waals surface area contributed by atoms with E-state index < -0.39 is 24.4 Å². The molecule has 0 aliphatic rings. The van der Waals surface area contributed by atoms with Gasteiger partial charge in [-0.05, 0) is 55.5 Å². The Morgan fingerprint density at radius 2 is 1.69 bits per heavy atom. The van der Waals surface area contributed by atoms with E-state index in [4.69, 9.17) is 10.5 Å². The molecule has 1 aromatic heterocycles. The number of carbonyl (C=O) groups excluding carboxylic acids is 3. The number of nitrogens with zero attached hydrogens (tertiary/aromatic N) is 2. The second-order valence-corrected chi connectivity index (χ2v) is 6.13. The third-order valence-electron chi connectivity index (χ3n) is 3.91. The van der Waals surface area contributed by atoms with Crippen LogP contribution >= 0.6 is 0 Å². The molecule has 0 radical (unpaired) electrons. The third kappa shape index (κ3) is 4.83. The van der Waals surface area contributed by atoms with Gasteiger partial charge in [0.1, 0.15) is 11.6 Å². The molecule has 0 saturated heterocycles. The maximum absolute atomic E-state index is 13.1. The summed E-state index contributed by atoms with van der Waals surface area (Å²) in [5.74, 6) is -1.95. The standard InChI is InChI=1S/C20H17FN4O4/c1-12-10-17(25(24-12)16-8-6-15(21)7-9-16)23-18(26)11-29-20(28)14-4-2-13(3-5-14)19(22)27/h2-10H,11H2,1H3,(H2,22,27)(H,23,26). The lowest BCUT2D eigenvalue weighted by molar-refractivity contribution is -0.119. The van der Waals surface area contributed by atoms with Crippen molar-refractivity contribution in [3.63, 3.8) is 0 Å². The number of amides is 2. The molecule has 8 nitrogen and oxygen atoms in total. The third-order valence-corrected chi connectivity index (χ3v) is 3.91. The highest BCUT2D eigenvalue weighted by Crippen LogP contribution is 2.17. The molecular weight excluding hydrogens is 379 g/mol. The number of benzene rings is 2. The Hall–Kier alpha value is -4.01. The smallest absolute Gasteiger partial charge is 0.338 e. The lowest BCUT2D eigenvalue weighted by atomic mass is 10.1. The number of aromatic nitrogens is 2. The second kappa shape index (κ2) is 8.34. The molecule has 0 unspecified atom stereocenters. The van der Waals surface area contributed by atoms with Gasteiger partial charge >= 0.3 is 5.97 Å². The van der Waals surface area contributed by atoms with Crippen molar-refractivity contribution in [2.75, 3.05) is 11.9 Å². The van der Waals surface area contributed by atoms with Crippen molar-refractivity contribution in [3.05, 3.63) is 77.2 Å². The van der Waals surface area contributed by atoms with Gasteiger partial charge in [-0.2, -0.15) is 5.10 Å². The summed E-state index contributed by atoms with van der Waals surface area (Å²) in [6, 6.07) is 12.8. The first kappa shape index (κ1) is 19.7. The van der Waals surface area contributed by atoms with Gasteiger partial charge in [-0.25, -0.2) is 13.9 Å². The molecule has 3 aromatic rings. The molecule has 9 heteroatoms. The first-order chi connectivity index (χ1) is 13.8. The minimum absolute atomic E-state index is 0.176. The molecule has 29 heavy (non-hydrogen) atoms. The topological polar surface area (TPSA) is 116 Å². The normalized spacial score (nSPS) is 10.4. The van der Waals surface area contributed by atoms with Gasteiger partial charge < -0.3 is 15.8 Å². The summed E-state index contributed by atoms with van der Waals surface area (Å²) in [7, 11) is 0. The van der Waals surface area contributed by atoms with Crippen molar-refractivity contribution in [2.24, 2.45) is 5.73 Å². The monoisotopic (exact) mass is 396 g/mol. The van der Waals surface area contributed by atoms with Crippen molar-refractivity contribution in [3.8, 4) is 5.69 Å². The lowest BCUT2D eigenvalue weighted by Gasteiger charge is -2.09. The highest BCUT2D eigenvalue weighted by molar-refractivity contribution is 5.97. The molecule has 1 heterocycles. The molecule has 3 N–H and O–H groups in total. The zero-order valence-electron chi connectivity index (χ0n) is 15.4. The number of ether oxygens (including phenoxy) is 1. The Balaban J connectivity index is 1.63. The minimum Gasteiger partial charge on any atom is -0.452 e. The summed E-state index contributed by atoms with van der Waals surface area (Å²) in [5.41, 5.74) is 6.76. The number of hydrogen-bond acceptors (Lipinski definition) is 5. The molecule has 0 aliphatic heterocycles. The Morgan fingerprint density at radius 3 is 2.31 bits per heavy atom. The molecule has 0 fully saturated rings. The average Bonchev–Trinajstić information content (AvgIpc) is 3.06. The van der Waals surface area contributed by atoms with Crippen molar-refractivity contribution >= 4 is 23.6 Å². The lowest BCUT2D eigenvalue weighted by Crippen LogP contribution is -2.22. The predicted molar refractivity (Wildman–Crippen MR) is 102 cm³/mol. The number of rotatable bonds is 6. The van der Waals surface area contributed by atoms with Crippen LogP contribution in [-0.2, 0) is 9.53 Å². The molecule has 148 valence electrons. The number of anilines is 1. The van der Waals surface area contributed by atoms with Crippen molar-refractivity contribution < 1.29 is 23.5 Å². The van der Waals surface area contributed by atoms with Gasteiger partial charge in [-0.3, -0.25) is 9.59 Å². The van der Waals surface area contributed by atoms with E-state index in [9.17, 15) is 18.8 Å². The summed E-state index contributed by atoms with van der Waals surface area (Å²) in [6.07, 6.45) is 0. The fraction of sp³-hybridized carbons (Fsp3) is 0.100. The van der Waals surface area contributed by atoms with Gasteiger partial charge in [0.05, 0.1) is 16.9 Å². The Labute approximate surface area is 165 Å². The van der Waals surface area contributed by atoms with Gasteiger partial charge in [0.25, 0.3) is 5.91 Å². The molecule has 2 aromatic carbocycles. The van der Waals surface area contributed by atoms with E-state index in [0.29, 0.717) is 17.2 Å². The Bertz CT molecular complexity index is 1060. The molecule has 2 amide bonds. The molecule has 0 aliphatic carbocycles. The molecule has 0 atom stereocenters. The molecule has 3 rings (SSSR count). The fourth-order valence-electron chi connectivity index (χ4n) is 2.53. The Kier molecular flexibility index (Phi) is 5.68. The molecule has 0 spiro atoms. The van der Waals surface area contributed by atoms with Crippen LogP contribution in [0.3, 0.4) is 0 Å². The highest BCUT2D eigenvalue weighted by atomic mass is 19.1. The number of esters is 1. The van der Waals surface area contributed by atoms with E-state index >= 15 is 0 Å². The largest absolute Gasteiger partial charge is 0.452 e. The van der Waals surface area contributed by atoms with Crippen LogP contribution in [-0.4, -0.2) is 34.2 Å². The van der Waals surface area contributed by atoms with Crippen LogP contribution in [0.15, 0.2) is 54.6 Å². The summed E-state index contributed by atoms with van der Waals surface area (Å²) in [6.45, 7) is 1.22. The summed E-state index contributed by atoms with van der Waals surface area (Å²) >= 11 is 0. The highest BCUT2D eigenvalue weighted by Gasteiger charge is 2.14. The van der Waals surface area contributed by atoms with Crippen molar-refractivity contribution in [2.45, 2.75) is 6.92 Å². The first-order valence-corrected chi connectivity index (χ1v) is 8.53. The van der Waals surface area contributed by atoms with Crippen LogP contribution < -0.4 is 11.1 Å². The first-order valence-electron chi connectivity index (χ1n) is 8.53. The number of nitrogens with one attached hydrogen (secondary N) is 1. The van der Waals surface area contributed by atoms with Crippen molar-refractivity contribution in [1.82, 2.24) is 9.78 Å². The van der Waals surface area contributed by atoms with E-state index in [1.807, 2.05) is 0 Å². The number of carbonyl (C=O) groups is 3.